The minimum Gasteiger partial charge on any atom is -0.481 e. The molecule has 0 bridgehead atoms. The van der Waals surface area contributed by atoms with Crippen LogP contribution in [0.2, 0.25) is 0 Å². The van der Waals surface area contributed by atoms with Gasteiger partial charge in [-0.2, -0.15) is 0 Å². The van der Waals surface area contributed by atoms with Crippen molar-refractivity contribution in [3.05, 3.63) is 0 Å². The van der Waals surface area contributed by atoms with Crippen molar-refractivity contribution in [3.63, 3.8) is 0 Å². The van der Waals surface area contributed by atoms with Gasteiger partial charge in [0.25, 0.3) is 0 Å². The van der Waals surface area contributed by atoms with E-state index in [-0.39, 0.29) is 6.10 Å². The van der Waals surface area contributed by atoms with Crippen molar-refractivity contribution in [3.8, 4) is 0 Å². The predicted octanol–water partition coefficient (Wildman–Crippen LogP) is 3.45. The van der Waals surface area contributed by atoms with Crippen LogP contribution in [-0.2, 0) is 4.79 Å². The summed E-state index contributed by atoms with van der Waals surface area (Å²) < 4.78 is 0. The second-order valence-corrected chi connectivity index (χ2v) is 8.18. The van der Waals surface area contributed by atoms with Crippen LogP contribution in [0.15, 0.2) is 0 Å². The Morgan fingerprint density at radius 2 is 1.85 bits per heavy atom. The monoisotopic (exact) mass is 280 g/mol. The number of hydrogen-bond donors (Lipinski definition) is 2. The van der Waals surface area contributed by atoms with Gasteiger partial charge in [-0.3, -0.25) is 4.79 Å². The highest BCUT2D eigenvalue weighted by Crippen LogP contribution is 2.61. The van der Waals surface area contributed by atoms with E-state index in [4.69, 9.17) is 0 Å². The first-order chi connectivity index (χ1) is 9.35. The van der Waals surface area contributed by atoms with Crippen LogP contribution in [0, 0.1) is 28.6 Å². The molecule has 0 heterocycles. The Labute approximate surface area is 121 Å². The van der Waals surface area contributed by atoms with E-state index in [2.05, 4.69) is 6.92 Å². The Morgan fingerprint density at radius 3 is 2.55 bits per heavy atom. The summed E-state index contributed by atoms with van der Waals surface area (Å²) in [5.74, 6) is 1.31. The van der Waals surface area contributed by atoms with Crippen LogP contribution in [0.1, 0.15) is 65.2 Å². The van der Waals surface area contributed by atoms with Crippen molar-refractivity contribution in [2.45, 2.75) is 71.3 Å². The number of rotatable bonds is 1. The van der Waals surface area contributed by atoms with E-state index in [0.29, 0.717) is 23.2 Å². The molecule has 114 valence electrons. The van der Waals surface area contributed by atoms with Crippen molar-refractivity contribution in [1.29, 1.82) is 0 Å². The van der Waals surface area contributed by atoms with E-state index in [0.717, 1.165) is 38.5 Å². The average molecular weight is 280 g/mol. The molecule has 0 spiro atoms. The largest absolute Gasteiger partial charge is 0.481 e. The van der Waals surface area contributed by atoms with Gasteiger partial charge in [0.1, 0.15) is 0 Å². The predicted molar refractivity (Wildman–Crippen MR) is 77.3 cm³/mol. The first kappa shape index (κ1) is 14.4. The van der Waals surface area contributed by atoms with Gasteiger partial charge in [-0.15, -0.1) is 0 Å². The van der Waals surface area contributed by atoms with Crippen molar-refractivity contribution >= 4 is 5.97 Å². The molecule has 0 aromatic rings. The van der Waals surface area contributed by atoms with E-state index < -0.39 is 11.4 Å². The highest BCUT2D eigenvalue weighted by Gasteiger charge is 2.54. The molecule has 3 heteroatoms. The minimum atomic E-state index is -0.609. The zero-order chi connectivity index (χ0) is 14.5. The van der Waals surface area contributed by atoms with Gasteiger partial charge in [0.15, 0.2) is 0 Å². The van der Waals surface area contributed by atoms with Crippen molar-refractivity contribution in [2.75, 3.05) is 0 Å². The molecule has 0 radical (unpaired) electrons. The number of carboxylic acid groups (broad SMARTS) is 1. The Morgan fingerprint density at radius 1 is 1.10 bits per heavy atom. The quantitative estimate of drug-likeness (QED) is 0.773. The molecule has 3 aliphatic rings. The Bertz CT molecular complexity index is 407. The van der Waals surface area contributed by atoms with Crippen molar-refractivity contribution in [1.82, 2.24) is 0 Å². The number of aliphatic carboxylic acids is 1. The molecule has 3 fully saturated rings. The van der Waals surface area contributed by atoms with Gasteiger partial charge in [0.05, 0.1) is 11.5 Å². The fraction of sp³-hybridized carbons (Fsp3) is 0.941. The van der Waals surface area contributed by atoms with Gasteiger partial charge in [-0.1, -0.05) is 6.92 Å². The molecular weight excluding hydrogens is 252 g/mol. The summed E-state index contributed by atoms with van der Waals surface area (Å²) in [4.78, 5) is 11.5. The summed E-state index contributed by atoms with van der Waals surface area (Å²) in [6.07, 6.45) is 8.04. The molecule has 20 heavy (non-hydrogen) atoms. The molecule has 3 aliphatic carbocycles. The molecule has 0 aromatic heterocycles. The van der Waals surface area contributed by atoms with Crippen LogP contribution >= 0.6 is 0 Å². The third-order valence-corrected chi connectivity index (χ3v) is 7.04. The maximum absolute atomic E-state index is 11.5. The lowest BCUT2D eigenvalue weighted by atomic mass is 9.47. The average Bonchev–Trinajstić information content (AvgIpc) is 2.39. The van der Waals surface area contributed by atoms with Gasteiger partial charge in [-0.25, -0.2) is 0 Å². The molecule has 3 rings (SSSR count). The third kappa shape index (κ3) is 2.09. The van der Waals surface area contributed by atoms with Crippen LogP contribution in [0.5, 0.6) is 0 Å². The highest BCUT2D eigenvalue weighted by atomic mass is 16.4. The molecule has 2 N–H and O–H groups in total. The molecule has 0 amide bonds. The Balaban J connectivity index is 1.80. The Hall–Kier alpha value is -0.570. The van der Waals surface area contributed by atoms with Gasteiger partial charge in [-0.05, 0) is 81.5 Å². The molecular formula is C17H28O3. The SMILES string of the molecule is C[C@]1(C(=O)O)CC[C@H]2[C@@H](CC[C@H]3C[C@@H](O)CC[C@@]32C)C1. The van der Waals surface area contributed by atoms with E-state index >= 15 is 0 Å². The molecule has 0 unspecified atom stereocenters. The fourth-order valence-electron chi connectivity index (χ4n) is 5.65. The number of aliphatic hydroxyl groups is 1. The van der Waals surface area contributed by atoms with Gasteiger partial charge >= 0.3 is 5.97 Å². The van der Waals surface area contributed by atoms with Crippen LogP contribution in [0.25, 0.3) is 0 Å². The maximum atomic E-state index is 11.5. The van der Waals surface area contributed by atoms with Gasteiger partial charge in [0.2, 0.25) is 0 Å². The van der Waals surface area contributed by atoms with Crippen LogP contribution in [-0.4, -0.2) is 22.3 Å². The maximum Gasteiger partial charge on any atom is 0.309 e. The van der Waals surface area contributed by atoms with E-state index in [9.17, 15) is 15.0 Å². The van der Waals surface area contributed by atoms with Crippen molar-refractivity contribution in [2.24, 2.45) is 28.6 Å². The number of carboxylic acids is 1. The summed E-state index contributed by atoms with van der Waals surface area (Å²) in [5.41, 5.74) is -0.152. The zero-order valence-electron chi connectivity index (χ0n) is 12.8. The molecule has 0 aliphatic heterocycles. The van der Waals surface area contributed by atoms with Crippen molar-refractivity contribution < 1.29 is 15.0 Å². The number of carbonyl (C=O) groups is 1. The van der Waals surface area contributed by atoms with Crippen LogP contribution in [0.4, 0.5) is 0 Å². The normalized spacial score (nSPS) is 52.0. The smallest absolute Gasteiger partial charge is 0.309 e. The molecule has 3 saturated carbocycles. The summed E-state index contributed by atoms with van der Waals surface area (Å²) in [6, 6.07) is 0. The lowest BCUT2D eigenvalue weighted by Crippen LogP contribution is -2.51. The second kappa shape index (κ2) is 4.72. The van der Waals surface area contributed by atoms with Gasteiger partial charge in [0, 0.05) is 0 Å². The Kier molecular flexibility index (Phi) is 3.39. The summed E-state index contributed by atoms with van der Waals surface area (Å²) in [6.45, 7) is 4.36. The van der Waals surface area contributed by atoms with E-state index in [1.165, 1.54) is 12.8 Å². The standard InChI is InChI=1S/C17H28O3/c1-16(15(19)20)7-6-14-11(10-16)3-4-12-9-13(18)5-8-17(12,14)2/h11-14,18H,3-10H2,1-2H3,(H,19,20)/t11-,12-,13-,14-,16-,17-/m0/s1. The van der Waals surface area contributed by atoms with Crippen LogP contribution in [0.3, 0.4) is 0 Å². The number of aliphatic hydroxyl groups excluding tert-OH is 1. The molecule has 0 saturated heterocycles. The van der Waals surface area contributed by atoms with Crippen LogP contribution < -0.4 is 0 Å². The fourth-order valence-corrected chi connectivity index (χ4v) is 5.65. The molecule has 3 nitrogen and oxygen atoms in total. The van der Waals surface area contributed by atoms with Gasteiger partial charge < -0.3 is 10.2 Å². The molecule has 6 atom stereocenters. The lowest BCUT2D eigenvalue weighted by Gasteiger charge is -2.58. The topological polar surface area (TPSA) is 57.5 Å². The first-order valence-electron chi connectivity index (χ1n) is 8.27. The number of hydrogen-bond acceptors (Lipinski definition) is 2. The summed E-state index contributed by atoms with van der Waals surface area (Å²) >= 11 is 0. The second-order valence-electron chi connectivity index (χ2n) is 8.18. The highest BCUT2D eigenvalue weighted by molar-refractivity contribution is 5.74. The lowest BCUT2D eigenvalue weighted by molar-refractivity contribution is -0.157. The molecule has 0 aromatic carbocycles. The number of fused-ring (bicyclic) bond motifs is 3. The minimum absolute atomic E-state index is 0.0995. The van der Waals surface area contributed by atoms with E-state index in [1.54, 1.807) is 0 Å². The van der Waals surface area contributed by atoms with E-state index in [1.807, 2.05) is 6.92 Å². The summed E-state index contributed by atoms with van der Waals surface area (Å²) in [7, 11) is 0. The summed E-state index contributed by atoms with van der Waals surface area (Å²) in [5, 5.41) is 19.4. The third-order valence-electron chi connectivity index (χ3n) is 7.04. The first-order valence-corrected chi connectivity index (χ1v) is 8.27. The zero-order valence-corrected chi connectivity index (χ0v) is 12.8.